The van der Waals surface area contributed by atoms with Crippen molar-refractivity contribution in [2.45, 2.75) is 30.2 Å². The number of carbonyl (C=O) groups is 3. The first-order valence-corrected chi connectivity index (χ1v) is 11.8. The third kappa shape index (κ3) is 3.74. The third-order valence-electron chi connectivity index (χ3n) is 5.63. The Morgan fingerprint density at radius 2 is 1.75 bits per heavy atom. The molecule has 4 amide bonds. The van der Waals surface area contributed by atoms with E-state index in [-0.39, 0.29) is 15.5 Å². The van der Waals surface area contributed by atoms with Crippen LogP contribution < -0.4 is 10.7 Å². The highest BCUT2D eigenvalue weighted by Crippen LogP contribution is 2.29. The fourth-order valence-corrected chi connectivity index (χ4v) is 5.80. The Morgan fingerprint density at radius 3 is 2.41 bits per heavy atom. The molecule has 1 atom stereocenters. The van der Waals surface area contributed by atoms with Crippen LogP contribution in [-0.4, -0.2) is 48.7 Å². The van der Waals surface area contributed by atoms with Crippen LogP contribution in [0.25, 0.3) is 0 Å². The van der Waals surface area contributed by atoms with Crippen molar-refractivity contribution in [1.82, 2.24) is 20.1 Å². The summed E-state index contributed by atoms with van der Waals surface area (Å²) in [5, 5.41) is 3.17. The molecule has 0 aliphatic carbocycles. The Hall–Kier alpha value is -2.95. The van der Waals surface area contributed by atoms with E-state index in [2.05, 4.69) is 10.7 Å². The van der Waals surface area contributed by atoms with Crippen molar-refractivity contribution in [3.05, 3.63) is 64.7 Å². The lowest BCUT2D eigenvalue weighted by molar-refractivity contribution is -0.132. The van der Waals surface area contributed by atoms with E-state index in [1.807, 2.05) is 0 Å². The number of sulfonamides is 1. The van der Waals surface area contributed by atoms with Crippen molar-refractivity contribution < 1.29 is 22.8 Å². The summed E-state index contributed by atoms with van der Waals surface area (Å²) in [6.45, 7) is 2.31. The molecule has 0 spiro atoms. The van der Waals surface area contributed by atoms with Crippen LogP contribution in [0.1, 0.15) is 35.7 Å². The Bertz CT molecular complexity index is 1200. The lowest BCUT2D eigenvalue weighted by atomic mass is 9.92. The monoisotopic (exact) mass is 476 g/mol. The molecule has 168 valence electrons. The molecule has 4 rings (SSSR count). The molecule has 0 radical (unpaired) electrons. The first kappa shape index (κ1) is 22.3. The predicted molar refractivity (Wildman–Crippen MR) is 116 cm³/mol. The van der Waals surface area contributed by atoms with Gasteiger partial charge >= 0.3 is 6.03 Å². The Labute approximate surface area is 190 Å². The molecule has 2 saturated heterocycles. The highest BCUT2D eigenvalue weighted by Gasteiger charge is 2.50. The van der Waals surface area contributed by atoms with Crippen molar-refractivity contribution in [1.29, 1.82) is 0 Å². The molecule has 2 heterocycles. The average Bonchev–Trinajstić information content (AvgIpc) is 3.39. The highest BCUT2D eigenvalue weighted by molar-refractivity contribution is 7.89. The topological polar surface area (TPSA) is 116 Å². The van der Waals surface area contributed by atoms with Crippen molar-refractivity contribution in [2.24, 2.45) is 0 Å². The first-order valence-electron chi connectivity index (χ1n) is 9.97. The molecular formula is C21H21ClN4O5S. The van der Waals surface area contributed by atoms with E-state index in [1.165, 1.54) is 23.4 Å². The molecule has 2 aromatic carbocycles. The minimum Gasteiger partial charge on any atom is -0.318 e. The van der Waals surface area contributed by atoms with Crippen LogP contribution in [0.3, 0.4) is 0 Å². The summed E-state index contributed by atoms with van der Waals surface area (Å²) in [7, 11) is -3.87. The molecule has 2 aromatic rings. The number of hydrogen-bond donors (Lipinski definition) is 2. The van der Waals surface area contributed by atoms with E-state index in [9.17, 15) is 22.8 Å². The van der Waals surface area contributed by atoms with Crippen molar-refractivity contribution in [3.8, 4) is 0 Å². The number of urea groups is 1. The van der Waals surface area contributed by atoms with Crippen LogP contribution in [0.15, 0.2) is 53.4 Å². The van der Waals surface area contributed by atoms with Crippen LogP contribution in [0.2, 0.25) is 5.02 Å². The lowest BCUT2D eigenvalue weighted by Crippen LogP contribution is -2.48. The van der Waals surface area contributed by atoms with Gasteiger partial charge in [0.2, 0.25) is 10.0 Å². The van der Waals surface area contributed by atoms with Gasteiger partial charge in [-0.2, -0.15) is 9.31 Å². The molecule has 2 fully saturated rings. The molecule has 0 bridgehead atoms. The van der Waals surface area contributed by atoms with Crippen LogP contribution >= 0.6 is 11.6 Å². The Kier molecular flexibility index (Phi) is 5.70. The van der Waals surface area contributed by atoms with Gasteiger partial charge in [0.25, 0.3) is 11.8 Å². The quantitative estimate of drug-likeness (QED) is 0.642. The molecule has 1 unspecified atom stereocenters. The Balaban J connectivity index is 1.58. The second-order valence-corrected chi connectivity index (χ2v) is 10.1. The number of halogens is 1. The molecule has 2 aliphatic rings. The average molecular weight is 477 g/mol. The largest absolute Gasteiger partial charge is 0.344 e. The standard InChI is InChI=1S/C21H21ClN4O5S/c1-21(15-7-3-2-4-8-15)19(28)26(20(29)23-21)24-18(27)14-9-10-16(22)17(13-14)32(30,31)25-11-5-6-12-25/h2-4,7-10,13H,5-6,11-12H2,1H3,(H,23,29)(H,24,27). The molecule has 9 nitrogen and oxygen atoms in total. The molecule has 2 aliphatic heterocycles. The molecule has 0 aromatic heterocycles. The third-order valence-corrected chi connectivity index (χ3v) is 8.01. The number of nitrogens with one attached hydrogen (secondary N) is 2. The number of benzene rings is 2. The second-order valence-electron chi connectivity index (χ2n) is 7.76. The zero-order chi connectivity index (χ0) is 23.1. The fraction of sp³-hybridized carbons (Fsp3) is 0.286. The number of imide groups is 1. The van der Waals surface area contributed by atoms with Gasteiger partial charge in [-0.3, -0.25) is 15.0 Å². The maximum absolute atomic E-state index is 13.0. The van der Waals surface area contributed by atoms with Gasteiger partial charge in [-0.1, -0.05) is 41.9 Å². The molecule has 2 N–H and O–H groups in total. The summed E-state index contributed by atoms with van der Waals surface area (Å²) in [5.41, 5.74) is 1.42. The van der Waals surface area contributed by atoms with Gasteiger partial charge in [0.05, 0.1) is 5.02 Å². The normalized spacial score (nSPS) is 21.6. The van der Waals surface area contributed by atoms with E-state index in [0.29, 0.717) is 23.7 Å². The van der Waals surface area contributed by atoms with Crippen LogP contribution in [-0.2, 0) is 20.4 Å². The minimum absolute atomic E-state index is 0.0138. The number of nitrogens with zero attached hydrogens (tertiary/aromatic N) is 2. The number of amides is 4. The van der Waals surface area contributed by atoms with Gasteiger partial charge in [0.1, 0.15) is 10.4 Å². The first-order chi connectivity index (χ1) is 15.1. The van der Waals surface area contributed by atoms with Gasteiger partial charge in [-0.05, 0) is 43.5 Å². The fourth-order valence-electron chi connectivity index (χ4n) is 3.78. The van der Waals surface area contributed by atoms with E-state index in [4.69, 9.17) is 11.6 Å². The predicted octanol–water partition coefficient (Wildman–Crippen LogP) is 2.24. The van der Waals surface area contributed by atoms with Gasteiger partial charge in [-0.15, -0.1) is 0 Å². The summed E-state index contributed by atoms with van der Waals surface area (Å²) >= 11 is 6.12. The molecule has 11 heteroatoms. The summed E-state index contributed by atoms with van der Waals surface area (Å²) in [4.78, 5) is 38.0. The van der Waals surface area contributed by atoms with Crippen molar-refractivity contribution in [2.75, 3.05) is 13.1 Å². The highest BCUT2D eigenvalue weighted by atomic mass is 35.5. The summed E-state index contributed by atoms with van der Waals surface area (Å²) in [6, 6.07) is 11.6. The molecular weight excluding hydrogens is 456 g/mol. The number of hydrazine groups is 1. The molecule has 32 heavy (non-hydrogen) atoms. The number of hydrogen-bond acceptors (Lipinski definition) is 5. The van der Waals surface area contributed by atoms with Crippen LogP contribution in [0, 0.1) is 0 Å². The number of carbonyl (C=O) groups excluding carboxylic acids is 3. The zero-order valence-electron chi connectivity index (χ0n) is 17.2. The smallest absolute Gasteiger partial charge is 0.318 e. The lowest BCUT2D eigenvalue weighted by Gasteiger charge is -2.22. The van der Waals surface area contributed by atoms with E-state index < -0.39 is 33.4 Å². The summed E-state index contributed by atoms with van der Waals surface area (Å²) in [6.07, 6.45) is 1.51. The minimum atomic E-state index is -3.87. The summed E-state index contributed by atoms with van der Waals surface area (Å²) < 4.78 is 27.1. The van der Waals surface area contributed by atoms with Gasteiger partial charge in [0.15, 0.2) is 0 Å². The van der Waals surface area contributed by atoms with Crippen LogP contribution in [0.4, 0.5) is 4.79 Å². The van der Waals surface area contributed by atoms with Gasteiger partial charge in [-0.25, -0.2) is 13.2 Å². The van der Waals surface area contributed by atoms with Gasteiger partial charge in [0, 0.05) is 18.7 Å². The maximum atomic E-state index is 13.0. The second kappa shape index (κ2) is 8.19. The van der Waals surface area contributed by atoms with Crippen molar-refractivity contribution in [3.63, 3.8) is 0 Å². The van der Waals surface area contributed by atoms with E-state index in [1.54, 1.807) is 30.3 Å². The summed E-state index contributed by atoms with van der Waals surface area (Å²) in [5.74, 6) is -1.48. The van der Waals surface area contributed by atoms with E-state index in [0.717, 1.165) is 18.9 Å². The number of rotatable bonds is 5. The van der Waals surface area contributed by atoms with Gasteiger partial charge < -0.3 is 5.32 Å². The van der Waals surface area contributed by atoms with Crippen molar-refractivity contribution >= 4 is 39.5 Å². The Morgan fingerprint density at radius 1 is 1.09 bits per heavy atom. The zero-order valence-corrected chi connectivity index (χ0v) is 18.7. The van der Waals surface area contributed by atoms with Crippen LogP contribution in [0.5, 0.6) is 0 Å². The maximum Gasteiger partial charge on any atom is 0.344 e. The van der Waals surface area contributed by atoms with E-state index >= 15 is 0 Å². The molecule has 0 saturated carbocycles. The SMILES string of the molecule is CC1(c2ccccc2)NC(=O)N(NC(=O)c2ccc(Cl)c(S(=O)(=O)N3CCCC3)c2)C1=O.